The van der Waals surface area contributed by atoms with Crippen molar-refractivity contribution in [2.75, 3.05) is 27.7 Å². The summed E-state index contributed by atoms with van der Waals surface area (Å²) in [5, 5.41) is 6.55. The molecule has 0 saturated heterocycles. The van der Waals surface area contributed by atoms with Gasteiger partial charge in [-0.05, 0) is 30.0 Å². The molecule has 25 heavy (non-hydrogen) atoms. The van der Waals surface area contributed by atoms with Crippen LogP contribution in [0.25, 0.3) is 0 Å². The molecular weight excluding hydrogens is 336 g/mol. The standard InChI is InChI=1S/C18H32N4O2S/c1-15(2)8-6-7-13-20-18(19-3)21-14-16-9-11-17(12-10-16)25(23,24)22(4)5/h9-12,15H,6-8,13-14H2,1-5H3,(H2,19,20,21). The summed E-state index contributed by atoms with van der Waals surface area (Å²) < 4.78 is 25.3. The molecule has 0 radical (unpaired) electrons. The molecule has 1 aromatic carbocycles. The third-order valence-electron chi connectivity index (χ3n) is 3.89. The highest BCUT2D eigenvalue weighted by Gasteiger charge is 2.16. The quantitative estimate of drug-likeness (QED) is 0.399. The van der Waals surface area contributed by atoms with E-state index in [1.165, 1.54) is 31.2 Å². The Morgan fingerprint density at radius 1 is 1.12 bits per heavy atom. The zero-order valence-electron chi connectivity index (χ0n) is 16.0. The Hall–Kier alpha value is -1.60. The summed E-state index contributed by atoms with van der Waals surface area (Å²) in [6, 6.07) is 6.90. The summed E-state index contributed by atoms with van der Waals surface area (Å²) in [7, 11) is 1.43. The zero-order valence-corrected chi connectivity index (χ0v) is 16.9. The SMILES string of the molecule is CN=C(NCCCCC(C)C)NCc1ccc(S(=O)(=O)N(C)C)cc1. The van der Waals surface area contributed by atoms with E-state index in [1.807, 2.05) is 12.1 Å². The minimum absolute atomic E-state index is 0.300. The lowest BCUT2D eigenvalue weighted by molar-refractivity contribution is 0.520. The van der Waals surface area contributed by atoms with Crippen LogP contribution in [0.2, 0.25) is 0 Å². The maximum Gasteiger partial charge on any atom is 0.242 e. The smallest absolute Gasteiger partial charge is 0.242 e. The molecule has 0 unspecified atom stereocenters. The van der Waals surface area contributed by atoms with Crippen molar-refractivity contribution in [2.24, 2.45) is 10.9 Å². The lowest BCUT2D eigenvalue weighted by atomic mass is 10.1. The van der Waals surface area contributed by atoms with Crippen LogP contribution in [-0.2, 0) is 16.6 Å². The maximum absolute atomic E-state index is 12.1. The molecule has 0 bridgehead atoms. The minimum atomic E-state index is -3.38. The molecule has 0 atom stereocenters. The third kappa shape index (κ3) is 7.44. The first-order valence-corrected chi connectivity index (χ1v) is 10.2. The van der Waals surface area contributed by atoms with E-state index in [0.717, 1.165) is 30.4 Å². The molecule has 2 N–H and O–H groups in total. The largest absolute Gasteiger partial charge is 0.356 e. The van der Waals surface area contributed by atoms with Crippen LogP contribution in [0.5, 0.6) is 0 Å². The van der Waals surface area contributed by atoms with Gasteiger partial charge in [0.15, 0.2) is 5.96 Å². The number of aliphatic imine (C=N–C) groups is 1. The summed E-state index contributed by atoms with van der Waals surface area (Å²) in [5.74, 6) is 1.51. The van der Waals surface area contributed by atoms with E-state index < -0.39 is 10.0 Å². The van der Waals surface area contributed by atoms with Crippen molar-refractivity contribution in [1.29, 1.82) is 0 Å². The van der Waals surface area contributed by atoms with Crippen molar-refractivity contribution in [2.45, 2.75) is 44.6 Å². The first-order chi connectivity index (χ1) is 11.8. The molecule has 0 aromatic heterocycles. The second-order valence-corrected chi connectivity index (χ2v) is 8.83. The predicted molar refractivity (Wildman–Crippen MR) is 104 cm³/mol. The van der Waals surface area contributed by atoms with E-state index in [0.29, 0.717) is 11.4 Å². The Morgan fingerprint density at radius 2 is 1.76 bits per heavy atom. The van der Waals surface area contributed by atoms with Crippen molar-refractivity contribution in [3.8, 4) is 0 Å². The zero-order chi connectivity index (χ0) is 18.9. The molecule has 1 aromatic rings. The van der Waals surface area contributed by atoms with Crippen LogP contribution < -0.4 is 10.6 Å². The number of hydrogen-bond acceptors (Lipinski definition) is 3. The van der Waals surface area contributed by atoms with E-state index in [9.17, 15) is 8.42 Å². The van der Waals surface area contributed by atoms with Crippen molar-refractivity contribution in [3.63, 3.8) is 0 Å². The molecule has 0 amide bonds. The third-order valence-corrected chi connectivity index (χ3v) is 5.72. The number of benzene rings is 1. The second kappa shape index (κ2) is 10.4. The lowest BCUT2D eigenvalue weighted by Gasteiger charge is -2.13. The number of nitrogens with zero attached hydrogens (tertiary/aromatic N) is 2. The van der Waals surface area contributed by atoms with E-state index in [4.69, 9.17) is 0 Å². The predicted octanol–water partition coefficient (Wildman–Crippen LogP) is 2.43. The highest BCUT2D eigenvalue weighted by Crippen LogP contribution is 2.13. The number of sulfonamides is 1. The monoisotopic (exact) mass is 368 g/mol. The van der Waals surface area contributed by atoms with Gasteiger partial charge in [0.25, 0.3) is 0 Å². The van der Waals surface area contributed by atoms with Gasteiger partial charge in [0.1, 0.15) is 0 Å². The van der Waals surface area contributed by atoms with E-state index in [1.54, 1.807) is 19.2 Å². The number of guanidine groups is 1. The van der Waals surface area contributed by atoms with Gasteiger partial charge in [-0.2, -0.15) is 0 Å². The number of hydrogen-bond donors (Lipinski definition) is 2. The summed E-state index contributed by atoms with van der Waals surface area (Å²) in [6.45, 7) is 5.96. The Morgan fingerprint density at radius 3 is 2.28 bits per heavy atom. The molecule has 0 heterocycles. The topological polar surface area (TPSA) is 73.8 Å². The molecular formula is C18H32N4O2S. The molecule has 0 aliphatic heterocycles. The fourth-order valence-corrected chi connectivity index (χ4v) is 3.18. The Kier molecular flexibility index (Phi) is 8.92. The average molecular weight is 369 g/mol. The maximum atomic E-state index is 12.1. The highest BCUT2D eigenvalue weighted by molar-refractivity contribution is 7.89. The van der Waals surface area contributed by atoms with Gasteiger partial charge in [-0.15, -0.1) is 0 Å². The molecule has 0 aliphatic rings. The fourth-order valence-electron chi connectivity index (χ4n) is 2.28. The van der Waals surface area contributed by atoms with Gasteiger partial charge in [0, 0.05) is 34.2 Å². The first-order valence-electron chi connectivity index (χ1n) is 8.73. The summed E-state index contributed by atoms with van der Waals surface area (Å²) in [6.07, 6.45) is 3.58. The molecule has 6 nitrogen and oxygen atoms in total. The summed E-state index contributed by atoms with van der Waals surface area (Å²) in [4.78, 5) is 4.51. The molecule has 0 spiro atoms. The Labute approximate surface area is 152 Å². The second-order valence-electron chi connectivity index (χ2n) is 6.67. The van der Waals surface area contributed by atoms with Gasteiger partial charge in [-0.1, -0.05) is 38.8 Å². The van der Waals surface area contributed by atoms with Crippen LogP contribution >= 0.6 is 0 Å². The molecule has 1 rings (SSSR count). The van der Waals surface area contributed by atoms with E-state index in [-0.39, 0.29) is 0 Å². The van der Waals surface area contributed by atoms with Crippen molar-refractivity contribution in [3.05, 3.63) is 29.8 Å². The molecule has 0 fully saturated rings. The lowest BCUT2D eigenvalue weighted by Crippen LogP contribution is -2.37. The van der Waals surface area contributed by atoms with E-state index in [2.05, 4.69) is 29.5 Å². The Balaban J connectivity index is 2.46. The van der Waals surface area contributed by atoms with Crippen molar-refractivity contribution in [1.82, 2.24) is 14.9 Å². The minimum Gasteiger partial charge on any atom is -0.356 e. The van der Waals surface area contributed by atoms with Crippen LogP contribution in [0.1, 0.15) is 38.7 Å². The normalized spacial score (nSPS) is 12.7. The number of rotatable bonds is 9. The molecule has 142 valence electrons. The van der Waals surface area contributed by atoms with Crippen molar-refractivity contribution >= 4 is 16.0 Å². The molecule has 7 heteroatoms. The highest BCUT2D eigenvalue weighted by atomic mass is 32.2. The van der Waals surface area contributed by atoms with Crippen LogP contribution in [0.3, 0.4) is 0 Å². The van der Waals surface area contributed by atoms with Gasteiger partial charge >= 0.3 is 0 Å². The van der Waals surface area contributed by atoms with Crippen LogP contribution in [0.15, 0.2) is 34.2 Å². The number of unbranched alkanes of at least 4 members (excludes halogenated alkanes) is 1. The van der Waals surface area contributed by atoms with Crippen LogP contribution in [0.4, 0.5) is 0 Å². The van der Waals surface area contributed by atoms with Gasteiger partial charge < -0.3 is 10.6 Å². The summed E-state index contributed by atoms with van der Waals surface area (Å²) >= 11 is 0. The van der Waals surface area contributed by atoms with Gasteiger partial charge in [0.2, 0.25) is 10.0 Å². The number of nitrogens with one attached hydrogen (secondary N) is 2. The average Bonchev–Trinajstić information content (AvgIpc) is 2.57. The summed E-state index contributed by atoms with van der Waals surface area (Å²) in [5.41, 5.74) is 1.00. The van der Waals surface area contributed by atoms with Crippen molar-refractivity contribution < 1.29 is 8.42 Å². The Bertz CT molecular complexity index is 638. The molecule has 0 aliphatic carbocycles. The molecule has 0 saturated carbocycles. The van der Waals surface area contributed by atoms with Gasteiger partial charge in [0.05, 0.1) is 4.90 Å². The fraction of sp³-hybridized carbons (Fsp3) is 0.611. The first kappa shape index (κ1) is 21.4. The van der Waals surface area contributed by atoms with Crippen LogP contribution in [0, 0.1) is 5.92 Å². The van der Waals surface area contributed by atoms with Crippen LogP contribution in [-0.4, -0.2) is 46.4 Å². The van der Waals surface area contributed by atoms with E-state index >= 15 is 0 Å². The van der Waals surface area contributed by atoms with Gasteiger partial charge in [-0.25, -0.2) is 12.7 Å². The van der Waals surface area contributed by atoms with Gasteiger partial charge in [-0.3, -0.25) is 4.99 Å².